The number of piperazine rings is 1. The summed E-state index contributed by atoms with van der Waals surface area (Å²) >= 11 is 1.41. The highest BCUT2D eigenvalue weighted by molar-refractivity contribution is 7.99. The molecule has 3 aromatic rings. The number of carbonyl (C=O) groups excluding carboxylic acids is 1. The number of imidazole rings is 1. The lowest BCUT2D eigenvalue weighted by Gasteiger charge is -2.36. The van der Waals surface area contributed by atoms with E-state index in [0.29, 0.717) is 18.8 Å². The first-order chi connectivity index (χ1) is 13.6. The summed E-state index contributed by atoms with van der Waals surface area (Å²) in [6.07, 6.45) is 0. The van der Waals surface area contributed by atoms with Gasteiger partial charge in [0.2, 0.25) is 5.91 Å². The van der Waals surface area contributed by atoms with Gasteiger partial charge >= 0.3 is 0 Å². The number of halogens is 1. The van der Waals surface area contributed by atoms with Crippen molar-refractivity contribution in [3.05, 3.63) is 48.3 Å². The second kappa shape index (κ2) is 8.10. The molecule has 0 radical (unpaired) electrons. The second-order valence-corrected chi connectivity index (χ2v) is 7.52. The van der Waals surface area contributed by atoms with Crippen molar-refractivity contribution in [2.75, 3.05) is 43.9 Å². The molecule has 0 bridgehead atoms. The first-order valence-corrected chi connectivity index (χ1v) is 10.1. The minimum Gasteiger partial charge on any atom is -0.497 e. The van der Waals surface area contributed by atoms with Gasteiger partial charge in [0.25, 0.3) is 0 Å². The average Bonchev–Trinajstić information content (AvgIpc) is 3.14. The largest absolute Gasteiger partial charge is 0.497 e. The van der Waals surface area contributed by atoms with Gasteiger partial charge in [0, 0.05) is 37.9 Å². The smallest absolute Gasteiger partial charge is 0.233 e. The van der Waals surface area contributed by atoms with Crippen molar-refractivity contribution in [1.29, 1.82) is 0 Å². The summed E-state index contributed by atoms with van der Waals surface area (Å²) in [6.45, 7) is 2.81. The monoisotopic (exact) mass is 400 g/mol. The number of thioether (sulfide) groups is 1. The van der Waals surface area contributed by atoms with E-state index in [1.807, 2.05) is 23.1 Å². The molecule has 0 unspecified atom stereocenters. The number of methoxy groups -OCH3 is 1. The van der Waals surface area contributed by atoms with Crippen molar-refractivity contribution in [2.24, 2.45) is 0 Å². The molecule has 1 aliphatic heterocycles. The summed E-state index contributed by atoms with van der Waals surface area (Å²) in [7, 11) is 1.63. The summed E-state index contributed by atoms with van der Waals surface area (Å²) in [5.74, 6) is 0.969. The fraction of sp³-hybridized carbons (Fsp3) is 0.300. The van der Waals surface area contributed by atoms with Crippen LogP contribution in [0.2, 0.25) is 0 Å². The molecule has 0 atom stereocenters. The molecule has 4 rings (SSSR count). The molecule has 0 spiro atoms. The van der Waals surface area contributed by atoms with Gasteiger partial charge in [0.1, 0.15) is 11.6 Å². The lowest BCUT2D eigenvalue weighted by atomic mass is 10.2. The number of aromatic nitrogens is 2. The van der Waals surface area contributed by atoms with Crippen LogP contribution in [-0.4, -0.2) is 59.8 Å². The van der Waals surface area contributed by atoms with Crippen molar-refractivity contribution < 1.29 is 13.9 Å². The molecule has 1 aliphatic rings. The molecule has 146 valence electrons. The Balaban J connectivity index is 1.30. The van der Waals surface area contributed by atoms with Gasteiger partial charge in [-0.05, 0) is 36.4 Å². The lowest BCUT2D eigenvalue weighted by Crippen LogP contribution is -2.49. The number of carbonyl (C=O) groups is 1. The first-order valence-electron chi connectivity index (χ1n) is 9.07. The van der Waals surface area contributed by atoms with E-state index >= 15 is 0 Å². The maximum absolute atomic E-state index is 13.1. The van der Waals surface area contributed by atoms with E-state index in [1.165, 1.54) is 23.9 Å². The number of hydrogen-bond acceptors (Lipinski definition) is 5. The number of nitrogens with zero attached hydrogens (tertiary/aromatic N) is 3. The molecule has 2 aromatic carbocycles. The van der Waals surface area contributed by atoms with Crippen molar-refractivity contribution in [3.63, 3.8) is 0 Å². The number of ether oxygens (including phenoxy) is 1. The predicted molar refractivity (Wildman–Crippen MR) is 109 cm³/mol. The second-order valence-electron chi connectivity index (χ2n) is 6.56. The van der Waals surface area contributed by atoms with E-state index in [4.69, 9.17) is 4.74 Å². The molecule has 1 saturated heterocycles. The number of amides is 1. The van der Waals surface area contributed by atoms with Gasteiger partial charge in [-0.1, -0.05) is 11.8 Å². The normalized spacial score (nSPS) is 14.5. The van der Waals surface area contributed by atoms with Crippen LogP contribution >= 0.6 is 11.8 Å². The van der Waals surface area contributed by atoms with Crippen LogP contribution in [0.25, 0.3) is 11.0 Å². The van der Waals surface area contributed by atoms with Crippen LogP contribution in [0, 0.1) is 5.82 Å². The summed E-state index contributed by atoms with van der Waals surface area (Å²) in [5, 5.41) is 0.724. The third-order valence-corrected chi connectivity index (χ3v) is 5.68. The summed E-state index contributed by atoms with van der Waals surface area (Å²) < 4.78 is 18.3. The number of anilines is 1. The molecule has 0 saturated carbocycles. The maximum Gasteiger partial charge on any atom is 0.233 e. The summed E-state index contributed by atoms with van der Waals surface area (Å²) in [5.41, 5.74) is 2.73. The highest BCUT2D eigenvalue weighted by atomic mass is 32.2. The molecule has 1 N–H and O–H groups in total. The molecule has 1 amide bonds. The number of hydrogen-bond donors (Lipinski definition) is 1. The van der Waals surface area contributed by atoms with E-state index in [-0.39, 0.29) is 11.7 Å². The van der Waals surface area contributed by atoms with Crippen molar-refractivity contribution in [2.45, 2.75) is 5.16 Å². The van der Waals surface area contributed by atoms with Crippen LogP contribution in [0.3, 0.4) is 0 Å². The molecule has 8 heteroatoms. The highest BCUT2D eigenvalue weighted by Crippen LogP contribution is 2.24. The Morgan fingerprint density at radius 1 is 1.18 bits per heavy atom. The number of benzene rings is 2. The molecule has 1 aromatic heterocycles. The van der Waals surface area contributed by atoms with Crippen LogP contribution in [-0.2, 0) is 4.79 Å². The van der Waals surface area contributed by atoms with Crippen LogP contribution in [0.1, 0.15) is 0 Å². The van der Waals surface area contributed by atoms with Crippen LogP contribution in [0.4, 0.5) is 10.1 Å². The number of rotatable bonds is 5. The zero-order valence-electron chi connectivity index (χ0n) is 15.5. The fourth-order valence-electron chi connectivity index (χ4n) is 3.25. The third-order valence-electron chi connectivity index (χ3n) is 4.82. The zero-order chi connectivity index (χ0) is 19.5. The van der Waals surface area contributed by atoms with Gasteiger partial charge in [-0.3, -0.25) is 4.79 Å². The quantitative estimate of drug-likeness (QED) is 0.667. The Bertz CT molecular complexity index is 968. The minimum atomic E-state index is -0.237. The highest BCUT2D eigenvalue weighted by Gasteiger charge is 2.21. The Kier molecular flexibility index (Phi) is 5.38. The van der Waals surface area contributed by atoms with Crippen LogP contribution < -0.4 is 9.64 Å². The van der Waals surface area contributed by atoms with E-state index in [1.54, 1.807) is 19.2 Å². The van der Waals surface area contributed by atoms with Crippen LogP contribution in [0.15, 0.2) is 47.6 Å². The number of fused-ring (bicyclic) bond motifs is 1. The number of H-pyrrole nitrogens is 1. The van der Waals surface area contributed by atoms with Gasteiger partial charge in [0.05, 0.1) is 23.9 Å². The van der Waals surface area contributed by atoms with E-state index in [2.05, 4.69) is 14.9 Å². The van der Waals surface area contributed by atoms with E-state index in [0.717, 1.165) is 40.7 Å². The molecule has 28 heavy (non-hydrogen) atoms. The summed E-state index contributed by atoms with van der Waals surface area (Å²) in [6, 6.07) is 12.1. The topological polar surface area (TPSA) is 61.5 Å². The van der Waals surface area contributed by atoms with Gasteiger partial charge in [-0.25, -0.2) is 9.37 Å². The Labute approximate surface area is 166 Å². The number of aromatic amines is 1. The van der Waals surface area contributed by atoms with Crippen molar-refractivity contribution in [1.82, 2.24) is 14.9 Å². The van der Waals surface area contributed by atoms with Gasteiger partial charge in [-0.15, -0.1) is 0 Å². The molecule has 0 aliphatic carbocycles. The molecular formula is C20H21FN4O2S. The van der Waals surface area contributed by atoms with E-state index in [9.17, 15) is 9.18 Å². The van der Waals surface area contributed by atoms with Gasteiger partial charge in [-0.2, -0.15) is 0 Å². The predicted octanol–water partition coefficient (Wildman–Crippen LogP) is 3.15. The molecular weight excluding hydrogens is 379 g/mol. The minimum absolute atomic E-state index is 0.0989. The molecule has 6 nitrogen and oxygen atoms in total. The molecule has 2 heterocycles. The van der Waals surface area contributed by atoms with Gasteiger partial charge in [0.15, 0.2) is 5.16 Å². The van der Waals surface area contributed by atoms with Crippen molar-refractivity contribution in [3.8, 4) is 5.75 Å². The zero-order valence-corrected chi connectivity index (χ0v) is 16.3. The standard InChI is InChI=1S/C20H21FN4O2S/c1-27-16-6-7-17-18(12-16)23-20(22-17)28-13-19(26)25-10-8-24(9-11-25)15-4-2-14(21)3-5-15/h2-7,12H,8-11,13H2,1H3,(H,22,23). The number of nitrogens with one attached hydrogen (secondary N) is 1. The third kappa shape index (κ3) is 4.06. The fourth-order valence-corrected chi connectivity index (χ4v) is 4.04. The first kappa shape index (κ1) is 18.6. The SMILES string of the molecule is COc1ccc2nc(SCC(=O)N3CCN(c4ccc(F)cc4)CC3)[nH]c2c1. The van der Waals surface area contributed by atoms with E-state index < -0.39 is 0 Å². The Hall–Kier alpha value is -2.74. The van der Waals surface area contributed by atoms with Crippen LogP contribution in [0.5, 0.6) is 5.75 Å². The van der Waals surface area contributed by atoms with Crippen molar-refractivity contribution >= 4 is 34.4 Å². The Morgan fingerprint density at radius 3 is 2.64 bits per heavy atom. The summed E-state index contributed by atoms with van der Waals surface area (Å²) in [4.78, 5) is 24.3. The maximum atomic E-state index is 13.1. The van der Waals surface area contributed by atoms with Gasteiger partial charge < -0.3 is 19.5 Å². The Morgan fingerprint density at radius 2 is 1.93 bits per heavy atom. The average molecular weight is 400 g/mol. The molecule has 1 fully saturated rings. The lowest BCUT2D eigenvalue weighted by molar-refractivity contribution is -0.128.